The van der Waals surface area contributed by atoms with Crippen LogP contribution in [0.1, 0.15) is 12.1 Å². The molecule has 5 rings (SSSR count). The van der Waals surface area contributed by atoms with Gasteiger partial charge in [0.15, 0.2) is 4.96 Å². The van der Waals surface area contributed by atoms with Crippen molar-refractivity contribution in [2.75, 3.05) is 5.32 Å². The van der Waals surface area contributed by atoms with E-state index < -0.39 is 0 Å². The summed E-state index contributed by atoms with van der Waals surface area (Å²) >= 11 is 7.55. The summed E-state index contributed by atoms with van der Waals surface area (Å²) in [5.41, 5.74) is 3.70. The molecule has 0 aliphatic rings. The lowest BCUT2D eigenvalue weighted by atomic mass is 10.2. The van der Waals surface area contributed by atoms with Crippen LogP contribution in [0.15, 0.2) is 90.4 Å². The van der Waals surface area contributed by atoms with E-state index in [0.717, 1.165) is 39.1 Å². The Morgan fingerprint density at radius 3 is 2.45 bits per heavy atom. The minimum absolute atomic E-state index is 0.0379. The Balaban J connectivity index is 1.19. The summed E-state index contributed by atoms with van der Waals surface area (Å²) in [5, 5.41) is 5.70. The summed E-state index contributed by atoms with van der Waals surface area (Å²) in [6.07, 6.45) is 3.01. The number of carbonyl (C=O) groups excluding carboxylic acids is 1. The van der Waals surface area contributed by atoms with E-state index in [1.807, 2.05) is 85.1 Å². The number of benzene rings is 3. The predicted molar refractivity (Wildman–Crippen MR) is 133 cm³/mol. The molecule has 1 N–H and O–H groups in total. The van der Waals surface area contributed by atoms with E-state index in [4.69, 9.17) is 21.3 Å². The number of anilines is 1. The highest BCUT2D eigenvalue weighted by Gasteiger charge is 2.11. The van der Waals surface area contributed by atoms with Gasteiger partial charge in [-0.3, -0.25) is 9.20 Å². The Kier molecular flexibility index (Phi) is 6.11. The van der Waals surface area contributed by atoms with Crippen LogP contribution in [0.2, 0.25) is 5.02 Å². The standard InChI is InChI=1S/C26H20ClN3O2S/c27-19-8-6-18(7-9-19)24-16-30-21(17-33-26(30)29-24)12-15-25(31)28-20-10-13-23(14-11-20)32-22-4-2-1-3-5-22/h1-11,13-14,16-17H,12,15H2,(H,28,31). The van der Waals surface area contributed by atoms with Crippen LogP contribution >= 0.6 is 22.9 Å². The normalized spacial score (nSPS) is 10.9. The third-order valence-corrected chi connectivity index (χ3v) is 6.29. The van der Waals surface area contributed by atoms with Crippen molar-refractivity contribution in [2.45, 2.75) is 12.8 Å². The average molecular weight is 474 g/mol. The first-order chi connectivity index (χ1) is 16.1. The van der Waals surface area contributed by atoms with Crippen molar-refractivity contribution in [1.29, 1.82) is 0 Å². The maximum atomic E-state index is 12.5. The molecule has 7 heteroatoms. The van der Waals surface area contributed by atoms with Crippen molar-refractivity contribution >= 4 is 39.5 Å². The van der Waals surface area contributed by atoms with Gasteiger partial charge in [-0.25, -0.2) is 4.98 Å². The van der Waals surface area contributed by atoms with Gasteiger partial charge in [-0.2, -0.15) is 0 Å². The minimum Gasteiger partial charge on any atom is -0.457 e. The SMILES string of the molecule is O=C(CCc1csc2nc(-c3ccc(Cl)cc3)cn12)Nc1ccc(Oc2ccccc2)cc1. The van der Waals surface area contributed by atoms with Gasteiger partial charge < -0.3 is 10.1 Å². The van der Waals surface area contributed by atoms with Crippen molar-refractivity contribution in [3.05, 3.63) is 101 Å². The van der Waals surface area contributed by atoms with E-state index in [-0.39, 0.29) is 5.91 Å². The molecule has 0 aliphatic heterocycles. The zero-order chi connectivity index (χ0) is 22.6. The summed E-state index contributed by atoms with van der Waals surface area (Å²) in [4.78, 5) is 18.1. The molecule has 1 amide bonds. The Morgan fingerprint density at radius 1 is 0.970 bits per heavy atom. The fraction of sp³-hybridized carbons (Fsp3) is 0.0769. The van der Waals surface area contributed by atoms with E-state index in [9.17, 15) is 4.79 Å². The van der Waals surface area contributed by atoms with Gasteiger partial charge in [0.05, 0.1) is 5.69 Å². The van der Waals surface area contributed by atoms with Gasteiger partial charge in [0, 0.05) is 40.0 Å². The third-order valence-electron chi connectivity index (χ3n) is 5.15. The topological polar surface area (TPSA) is 55.6 Å². The summed E-state index contributed by atoms with van der Waals surface area (Å²) in [6.45, 7) is 0. The Labute approximate surface area is 200 Å². The molecule has 0 saturated carbocycles. The number of rotatable bonds is 7. The number of imidazole rings is 1. The number of hydrogen-bond donors (Lipinski definition) is 1. The molecule has 164 valence electrons. The van der Waals surface area contributed by atoms with Gasteiger partial charge in [0.2, 0.25) is 5.91 Å². The maximum Gasteiger partial charge on any atom is 0.224 e. The molecule has 5 nitrogen and oxygen atoms in total. The van der Waals surface area contributed by atoms with Gasteiger partial charge in [0.1, 0.15) is 11.5 Å². The van der Waals surface area contributed by atoms with Gasteiger partial charge in [-0.05, 0) is 55.0 Å². The van der Waals surface area contributed by atoms with Crippen LogP contribution in [0.3, 0.4) is 0 Å². The predicted octanol–water partition coefficient (Wildman–Crippen LogP) is 7.08. The Morgan fingerprint density at radius 2 is 1.70 bits per heavy atom. The highest BCUT2D eigenvalue weighted by molar-refractivity contribution is 7.15. The van der Waals surface area contributed by atoms with Crippen molar-refractivity contribution in [1.82, 2.24) is 9.38 Å². The largest absolute Gasteiger partial charge is 0.457 e. The van der Waals surface area contributed by atoms with E-state index in [2.05, 4.69) is 15.1 Å². The summed E-state index contributed by atoms with van der Waals surface area (Å²) in [5.74, 6) is 1.45. The third kappa shape index (κ3) is 5.08. The molecular weight excluding hydrogens is 454 g/mol. The first-order valence-electron chi connectivity index (χ1n) is 10.5. The van der Waals surface area contributed by atoms with Crippen LogP contribution in [0.5, 0.6) is 11.5 Å². The maximum absolute atomic E-state index is 12.5. The lowest BCUT2D eigenvalue weighted by Gasteiger charge is -2.08. The van der Waals surface area contributed by atoms with E-state index in [0.29, 0.717) is 17.9 Å². The van der Waals surface area contributed by atoms with Crippen LogP contribution in [0.4, 0.5) is 5.69 Å². The highest BCUT2D eigenvalue weighted by atomic mass is 35.5. The summed E-state index contributed by atoms with van der Waals surface area (Å²) in [6, 6.07) is 24.6. The van der Waals surface area contributed by atoms with Gasteiger partial charge in [-0.1, -0.05) is 41.9 Å². The molecule has 0 saturated heterocycles. The molecule has 0 fully saturated rings. The molecule has 2 aromatic heterocycles. The van der Waals surface area contributed by atoms with Crippen molar-refractivity contribution in [3.8, 4) is 22.8 Å². The number of hydrogen-bond acceptors (Lipinski definition) is 4. The molecule has 33 heavy (non-hydrogen) atoms. The molecule has 0 spiro atoms. The number of fused-ring (bicyclic) bond motifs is 1. The summed E-state index contributed by atoms with van der Waals surface area (Å²) < 4.78 is 7.84. The number of para-hydroxylation sites is 1. The van der Waals surface area contributed by atoms with Crippen LogP contribution in [0, 0.1) is 0 Å². The van der Waals surface area contributed by atoms with Crippen molar-refractivity contribution < 1.29 is 9.53 Å². The van der Waals surface area contributed by atoms with Gasteiger partial charge in [0.25, 0.3) is 0 Å². The zero-order valence-electron chi connectivity index (χ0n) is 17.6. The first kappa shape index (κ1) is 21.2. The van der Waals surface area contributed by atoms with Crippen molar-refractivity contribution in [2.24, 2.45) is 0 Å². The average Bonchev–Trinajstić information content (AvgIpc) is 3.41. The molecule has 0 unspecified atom stereocenters. The van der Waals surface area contributed by atoms with E-state index in [1.54, 1.807) is 11.3 Å². The molecular formula is C26H20ClN3O2S. The minimum atomic E-state index is -0.0379. The fourth-order valence-electron chi connectivity index (χ4n) is 3.46. The Bertz CT molecular complexity index is 1380. The number of ether oxygens (including phenoxy) is 1. The second-order valence-electron chi connectivity index (χ2n) is 7.50. The second-order valence-corrected chi connectivity index (χ2v) is 8.77. The van der Waals surface area contributed by atoms with Gasteiger partial charge in [-0.15, -0.1) is 11.3 Å². The van der Waals surface area contributed by atoms with Crippen LogP contribution in [-0.4, -0.2) is 15.3 Å². The number of halogens is 1. The monoisotopic (exact) mass is 473 g/mol. The fourth-order valence-corrected chi connectivity index (χ4v) is 4.50. The number of thiazole rings is 1. The summed E-state index contributed by atoms with van der Waals surface area (Å²) in [7, 11) is 0. The molecule has 0 atom stereocenters. The van der Waals surface area contributed by atoms with Crippen LogP contribution in [0.25, 0.3) is 16.2 Å². The molecule has 5 aromatic rings. The smallest absolute Gasteiger partial charge is 0.224 e. The van der Waals surface area contributed by atoms with Crippen LogP contribution in [-0.2, 0) is 11.2 Å². The second kappa shape index (κ2) is 9.48. The molecule has 0 bridgehead atoms. The first-order valence-corrected chi connectivity index (χ1v) is 11.7. The number of amides is 1. The molecule has 0 aliphatic carbocycles. The Hall–Kier alpha value is -3.61. The quantitative estimate of drug-likeness (QED) is 0.275. The van der Waals surface area contributed by atoms with Crippen LogP contribution < -0.4 is 10.1 Å². The number of nitrogens with one attached hydrogen (secondary N) is 1. The molecule has 0 radical (unpaired) electrons. The molecule has 2 heterocycles. The lowest BCUT2D eigenvalue weighted by Crippen LogP contribution is -2.12. The number of aromatic nitrogens is 2. The number of nitrogens with zero attached hydrogens (tertiary/aromatic N) is 2. The van der Waals surface area contributed by atoms with Gasteiger partial charge >= 0.3 is 0 Å². The van der Waals surface area contributed by atoms with E-state index in [1.165, 1.54) is 0 Å². The van der Waals surface area contributed by atoms with Crippen molar-refractivity contribution in [3.63, 3.8) is 0 Å². The molecule has 3 aromatic carbocycles. The lowest BCUT2D eigenvalue weighted by molar-refractivity contribution is -0.116. The number of carbonyl (C=O) groups is 1. The zero-order valence-corrected chi connectivity index (χ0v) is 19.1. The van der Waals surface area contributed by atoms with E-state index >= 15 is 0 Å². The number of aryl methyl sites for hydroxylation is 1. The highest BCUT2D eigenvalue weighted by Crippen LogP contribution is 2.26.